The van der Waals surface area contributed by atoms with Gasteiger partial charge in [-0.05, 0) is 43.2 Å². The molecule has 2 rings (SSSR count). The standard InChI is InChI=1S/C13H13NO4S2/c1-8-4-3-5-10(6-8)14-20(17,18)11-7-9(2)12(19-11)13(15)16/h3-7,14H,1-2H3,(H,15,16). The van der Waals surface area contributed by atoms with Gasteiger partial charge in [-0.1, -0.05) is 12.1 Å². The molecule has 5 nitrogen and oxygen atoms in total. The number of benzene rings is 1. The Morgan fingerprint density at radius 3 is 2.50 bits per heavy atom. The maximum atomic E-state index is 12.2. The monoisotopic (exact) mass is 311 g/mol. The van der Waals surface area contributed by atoms with Crippen LogP contribution in [0, 0.1) is 13.8 Å². The summed E-state index contributed by atoms with van der Waals surface area (Å²) >= 11 is 0.748. The molecule has 0 saturated carbocycles. The molecular weight excluding hydrogens is 298 g/mol. The second-order valence-electron chi connectivity index (χ2n) is 4.36. The molecule has 0 amide bonds. The predicted octanol–water partition coefficient (Wildman–Crippen LogP) is 2.86. The van der Waals surface area contributed by atoms with Crippen molar-refractivity contribution in [3.8, 4) is 0 Å². The number of rotatable bonds is 4. The number of aromatic carboxylic acids is 1. The number of anilines is 1. The highest BCUT2D eigenvalue weighted by Gasteiger charge is 2.21. The van der Waals surface area contributed by atoms with Gasteiger partial charge in [0.05, 0.1) is 0 Å². The maximum absolute atomic E-state index is 12.2. The van der Waals surface area contributed by atoms with E-state index in [-0.39, 0.29) is 9.09 Å². The minimum absolute atomic E-state index is 0.00564. The van der Waals surface area contributed by atoms with Crippen LogP contribution in [-0.4, -0.2) is 19.5 Å². The van der Waals surface area contributed by atoms with Crippen LogP contribution < -0.4 is 4.72 Å². The zero-order chi connectivity index (χ0) is 14.9. The second kappa shape index (κ2) is 5.26. The molecule has 2 aromatic rings. The predicted molar refractivity (Wildman–Crippen MR) is 78.0 cm³/mol. The summed E-state index contributed by atoms with van der Waals surface area (Å²) in [6.07, 6.45) is 0. The molecule has 0 aliphatic heterocycles. The van der Waals surface area contributed by atoms with Crippen LogP contribution in [0.25, 0.3) is 0 Å². The Kier molecular flexibility index (Phi) is 3.82. The van der Waals surface area contributed by atoms with Gasteiger partial charge in [0.15, 0.2) is 0 Å². The third-order valence-electron chi connectivity index (χ3n) is 2.62. The third-order valence-corrected chi connectivity index (χ3v) is 5.70. The summed E-state index contributed by atoms with van der Waals surface area (Å²) in [7, 11) is -3.76. The van der Waals surface area contributed by atoms with Crippen LogP contribution in [-0.2, 0) is 10.0 Å². The first kappa shape index (κ1) is 14.5. The molecule has 2 N–H and O–H groups in total. The SMILES string of the molecule is Cc1cccc(NS(=O)(=O)c2cc(C)c(C(=O)O)s2)c1. The largest absolute Gasteiger partial charge is 0.477 e. The molecule has 0 bridgehead atoms. The molecule has 0 spiro atoms. The Labute approximate surface area is 120 Å². The van der Waals surface area contributed by atoms with Crippen LogP contribution >= 0.6 is 11.3 Å². The molecule has 0 unspecified atom stereocenters. The Morgan fingerprint density at radius 1 is 1.25 bits per heavy atom. The van der Waals surface area contributed by atoms with Crippen LogP contribution in [0.1, 0.15) is 20.8 Å². The van der Waals surface area contributed by atoms with Crippen molar-refractivity contribution in [3.63, 3.8) is 0 Å². The van der Waals surface area contributed by atoms with E-state index in [0.29, 0.717) is 11.3 Å². The average Bonchev–Trinajstić information content (AvgIpc) is 2.71. The number of sulfonamides is 1. The maximum Gasteiger partial charge on any atom is 0.346 e. The fourth-order valence-electron chi connectivity index (χ4n) is 1.71. The lowest BCUT2D eigenvalue weighted by Gasteiger charge is -2.06. The minimum Gasteiger partial charge on any atom is -0.477 e. The number of nitrogens with one attached hydrogen (secondary N) is 1. The van der Waals surface area contributed by atoms with E-state index in [1.807, 2.05) is 13.0 Å². The second-order valence-corrected chi connectivity index (χ2v) is 7.32. The number of carboxylic acids is 1. The number of hydrogen-bond acceptors (Lipinski definition) is 4. The highest BCUT2D eigenvalue weighted by Crippen LogP contribution is 2.27. The molecule has 1 aromatic heterocycles. The molecule has 0 aliphatic carbocycles. The molecule has 106 valence electrons. The van der Waals surface area contributed by atoms with Crippen LogP contribution in [0.15, 0.2) is 34.5 Å². The Morgan fingerprint density at radius 2 is 1.95 bits per heavy atom. The van der Waals surface area contributed by atoms with E-state index in [4.69, 9.17) is 5.11 Å². The van der Waals surface area contributed by atoms with E-state index >= 15 is 0 Å². The molecule has 1 aromatic carbocycles. The van der Waals surface area contributed by atoms with Gasteiger partial charge in [-0.2, -0.15) is 0 Å². The van der Waals surface area contributed by atoms with E-state index in [0.717, 1.165) is 16.9 Å². The lowest BCUT2D eigenvalue weighted by Crippen LogP contribution is -2.11. The molecular formula is C13H13NO4S2. The lowest BCUT2D eigenvalue weighted by molar-refractivity contribution is 0.0701. The van der Waals surface area contributed by atoms with E-state index in [9.17, 15) is 13.2 Å². The van der Waals surface area contributed by atoms with Crippen molar-refractivity contribution in [2.24, 2.45) is 0 Å². The Bertz CT molecular complexity index is 762. The molecule has 0 aliphatic rings. The number of carbonyl (C=O) groups is 1. The first-order valence-electron chi connectivity index (χ1n) is 5.73. The summed E-state index contributed by atoms with van der Waals surface area (Å²) in [6.45, 7) is 3.43. The van der Waals surface area contributed by atoms with Gasteiger partial charge in [0.25, 0.3) is 10.0 Å². The van der Waals surface area contributed by atoms with Crippen molar-refractivity contribution >= 4 is 33.0 Å². The normalized spacial score (nSPS) is 11.3. The third kappa shape index (κ3) is 3.00. The van der Waals surface area contributed by atoms with Crippen LogP contribution in [0.3, 0.4) is 0 Å². The zero-order valence-electron chi connectivity index (χ0n) is 10.9. The highest BCUT2D eigenvalue weighted by atomic mass is 32.2. The van der Waals surface area contributed by atoms with Crippen LogP contribution in [0.5, 0.6) is 0 Å². The molecule has 0 radical (unpaired) electrons. The first-order chi connectivity index (χ1) is 9.29. The average molecular weight is 311 g/mol. The van der Waals surface area contributed by atoms with Gasteiger partial charge in [-0.25, -0.2) is 13.2 Å². The van der Waals surface area contributed by atoms with Gasteiger partial charge in [-0.15, -0.1) is 11.3 Å². The van der Waals surface area contributed by atoms with E-state index in [2.05, 4.69) is 4.72 Å². The van der Waals surface area contributed by atoms with Crippen molar-refractivity contribution in [1.29, 1.82) is 0 Å². The Balaban J connectivity index is 2.36. The van der Waals surface area contributed by atoms with E-state index < -0.39 is 16.0 Å². The van der Waals surface area contributed by atoms with Gasteiger partial charge in [0.2, 0.25) is 0 Å². The minimum atomic E-state index is -3.76. The van der Waals surface area contributed by atoms with Crippen molar-refractivity contribution in [3.05, 3.63) is 46.3 Å². The number of aryl methyl sites for hydroxylation is 2. The van der Waals surface area contributed by atoms with E-state index in [1.165, 1.54) is 6.07 Å². The quantitative estimate of drug-likeness (QED) is 0.909. The summed E-state index contributed by atoms with van der Waals surface area (Å²) in [4.78, 5) is 11.0. The molecule has 0 fully saturated rings. The Hall–Kier alpha value is -1.86. The van der Waals surface area contributed by atoms with Gasteiger partial charge in [-0.3, -0.25) is 4.72 Å². The fraction of sp³-hybridized carbons (Fsp3) is 0.154. The van der Waals surface area contributed by atoms with E-state index in [1.54, 1.807) is 25.1 Å². The smallest absolute Gasteiger partial charge is 0.346 e. The summed E-state index contributed by atoms with van der Waals surface area (Å²) in [5, 5.41) is 8.97. The molecule has 1 heterocycles. The van der Waals surface area contributed by atoms with Gasteiger partial charge < -0.3 is 5.11 Å². The van der Waals surface area contributed by atoms with Crippen molar-refractivity contribution < 1.29 is 18.3 Å². The van der Waals surface area contributed by atoms with Gasteiger partial charge in [0, 0.05) is 5.69 Å². The lowest BCUT2D eigenvalue weighted by atomic mass is 10.2. The number of thiophene rings is 1. The zero-order valence-corrected chi connectivity index (χ0v) is 12.5. The summed E-state index contributed by atoms with van der Waals surface area (Å²) < 4.78 is 26.9. The fourth-order valence-corrected chi connectivity index (χ4v) is 4.14. The summed E-state index contributed by atoms with van der Waals surface area (Å²) in [5.41, 5.74) is 1.82. The number of hydrogen-bond donors (Lipinski definition) is 2. The van der Waals surface area contributed by atoms with Crippen molar-refractivity contribution in [1.82, 2.24) is 0 Å². The molecule has 0 atom stereocenters. The van der Waals surface area contributed by atoms with Crippen LogP contribution in [0.4, 0.5) is 5.69 Å². The topological polar surface area (TPSA) is 83.5 Å². The van der Waals surface area contributed by atoms with Crippen molar-refractivity contribution in [2.45, 2.75) is 18.1 Å². The number of carboxylic acid groups (broad SMARTS) is 1. The molecule has 7 heteroatoms. The van der Waals surface area contributed by atoms with Crippen LogP contribution in [0.2, 0.25) is 0 Å². The van der Waals surface area contributed by atoms with Gasteiger partial charge in [0.1, 0.15) is 9.09 Å². The first-order valence-corrected chi connectivity index (χ1v) is 8.03. The molecule has 0 saturated heterocycles. The van der Waals surface area contributed by atoms with Crippen molar-refractivity contribution in [2.75, 3.05) is 4.72 Å². The summed E-state index contributed by atoms with van der Waals surface area (Å²) in [6, 6.07) is 8.32. The summed E-state index contributed by atoms with van der Waals surface area (Å²) in [5.74, 6) is -1.12. The highest BCUT2D eigenvalue weighted by molar-refractivity contribution is 7.94. The molecule has 20 heavy (non-hydrogen) atoms. The van der Waals surface area contributed by atoms with Gasteiger partial charge >= 0.3 is 5.97 Å².